The fourth-order valence-electron chi connectivity index (χ4n) is 2.41. The number of benzene rings is 1. The molecule has 15 heavy (non-hydrogen) atoms. The zero-order chi connectivity index (χ0) is 10.8. The second kappa shape index (κ2) is 4.23. The number of primary amides is 1. The summed E-state index contributed by atoms with van der Waals surface area (Å²) in [7, 11) is 0. The van der Waals surface area contributed by atoms with Crippen LogP contribution in [0.1, 0.15) is 30.7 Å². The molecule has 1 aromatic carbocycles. The first-order chi connectivity index (χ1) is 7.18. The zero-order valence-corrected chi connectivity index (χ0v) is 9.20. The number of rotatable bonds is 2. The van der Waals surface area contributed by atoms with Crippen LogP contribution in [0.3, 0.4) is 0 Å². The van der Waals surface area contributed by atoms with E-state index in [0.717, 1.165) is 24.3 Å². The maximum atomic E-state index is 11.2. The van der Waals surface area contributed by atoms with Crippen LogP contribution >= 0.6 is 11.6 Å². The molecule has 0 heterocycles. The van der Waals surface area contributed by atoms with Crippen molar-refractivity contribution in [1.82, 2.24) is 0 Å². The van der Waals surface area contributed by atoms with Gasteiger partial charge in [0.2, 0.25) is 5.91 Å². The van der Waals surface area contributed by atoms with Crippen molar-refractivity contribution >= 4 is 17.5 Å². The lowest BCUT2D eigenvalue weighted by molar-refractivity contribution is -0.122. The van der Waals surface area contributed by atoms with E-state index < -0.39 is 0 Å². The molecule has 0 bridgehead atoms. The van der Waals surface area contributed by atoms with Crippen LogP contribution in [0.15, 0.2) is 24.3 Å². The van der Waals surface area contributed by atoms with Gasteiger partial charge in [0.05, 0.1) is 0 Å². The highest BCUT2D eigenvalue weighted by molar-refractivity contribution is 6.30. The summed E-state index contributed by atoms with van der Waals surface area (Å²) in [6.45, 7) is 0. The Hall–Kier alpha value is -1.02. The Morgan fingerprint density at radius 2 is 1.93 bits per heavy atom. The fourth-order valence-corrected chi connectivity index (χ4v) is 2.54. The number of carbonyl (C=O) groups is 1. The first kappa shape index (κ1) is 10.5. The van der Waals surface area contributed by atoms with Crippen LogP contribution in [0.25, 0.3) is 0 Å². The monoisotopic (exact) mass is 223 g/mol. The van der Waals surface area contributed by atoms with Crippen molar-refractivity contribution in [1.29, 1.82) is 0 Å². The van der Waals surface area contributed by atoms with E-state index in [2.05, 4.69) is 0 Å². The minimum Gasteiger partial charge on any atom is -0.369 e. The predicted molar refractivity (Wildman–Crippen MR) is 60.7 cm³/mol. The Labute approximate surface area is 94.4 Å². The van der Waals surface area contributed by atoms with Crippen molar-refractivity contribution in [2.75, 3.05) is 0 Å². The first-order valence-corrected chi connectivity index (χ1v) is 5.61. The summed E-state index contributed by atoms with van der Waals surface area (Å²) in [6, 6.07) is 7.73. The average molecular weight is 224 g/mol. The van der Waals surface area contributed by atoms with E-state index in [1.165, 1.54) is 5.56 Å². The third-order valence-electron chi connectivity index (χ3n) is 3.18. The summed E-state index contributed by atoms with van der Waals surface area (Å²) in [6.07, 6.45) is 3.05. The van der Waals surface area contributed by atoms with Crippen molar-refractivity contribution in [2.24, 2.45) is 11.7 Å². The number of hydrogen-bond acceptors (Lipinski definition) is 1. The molecule has 2 atom stereocenters. The van der Waals surface area contributed by atoms with Gasteiger partial charge in [-0.3, -0.25) is 4.79 Å². The van der Waals surface area contributed by atoms with Crippen LogP contribution < -0.4 is 5.73 Å². The second-order valence-corrected chi connectivity index (χ2v) is 4.53. The zero-order valence-electron chi connectivity index (χ0n) is 8.45. The normalized spacial score (nSPS) is 25.4. The molecule has 1 aliphatic rings. The van der Waals surface area contributed by atoms with Gasteiger partial charge in [-0.2, -0.15) is 0 Å². The van der Waals surface area contributed by atoms with Gasteiger partial charge in [0.1, 0.15) is 0 Å². The van der Waals surface area contributed by atoms with Gasteiger partial charge in [0, 0.05) is 10.9 Å². The number of amides is 1. The van der Waals surface area contributed by atoms with Gasteiger partial charge in [0.15, 0.2) is 0 Å². The molecule has 1 aliphatic carbocycles. The Morgan fingerprint density at radius 3 is 2.53 bits per heavy atom. The molecule has 0 radical (unpaired) electrons. The van der Waals surface area contributed by atoms with E-state index in [-0.39, 0.29) is 11.8 Å². The van der Waals surface area contributed by atoms with Crippen molar-refractivity contribution in [3.63, 3.8) is 0 Å². The standard InChI is InChI=1S/C12H14ClNO/c13-9-6-4-8(5-7-9)10-2-1-3-11(10)12(14)15/h4-7,10-11H,1-3H2,(H2,14,15). The summed E-state index contributed by atoms with van der Waals surface area (Å²) >= 11 is 5.83. The third kappa shape index (κ3) is 2.15. The van der Waals surface area contributed by atoms with Crippen LogP contribution in [-0.2, 0) is 4.79 Å². The van der Waals surface area contributed by atoms with Crippen molar-refractivity contribution < 1.29 is 4.79 Å². The van der Waals surface area contributed by atoms with Crippen LogP contribution in [0.5, 0.6) is 0 Å². The molecule has 1 fully saturated rings. The van der Waals surface area contributed by atoms with Gasteiger partial charge in [0.25, 0.3) is 0 Å². The molecule has 0 aliphatic heterocycles. The number of halogens is 1. The van der Waals surface area contributed by atoms with Gasteiger partial charge >= 0.3 is 0 Å². The molecule has 2 N–H and O–H groups in total. The topological polar surface area (TPSA) is 43.1 Å². The van der Waals surface area contributed by atoms with Crippen LogP contribution in [0.2, 0.25) is 5.02 Å². The lowest BCUT2D eigenvalue weighted by atomic mass is 9.88. The van der Waals surface area contributed by atoms with Crippen molar-refractivity contribution in [2.45, 2.75) is 25.2 Å². The first-order valence-electron chi connectivity index (χ1n) is 5.23. The summed E-state index contributed by atoms with van der Waals surface area (Å²) < 4.78 is 0. The maximum Gasteiger partial charge on any atom is 0.221 e. The lowest BCUT2D eigenvalue weighted by Crippen LogP contribution is -2.25. The minimum atomic E-state index is -0.174. The van der Waals surface area contributed by atoms with Crippen LogP contribution in [0, 0.1) is 5.92 Å². The molecule has 2 nitrogen and oxygen atoms in total. The van der Waals surface area contributed by atoms with Gasteiger partial charge in [-0.05, 0) is 36.5 Å². The van der Waals surface area contributed by atoms with E-state index in [0.29, 0.717) is 5.92 Å². The van der Waals surface area contributed by atoms with E-state index in [9.17, 15) is 4.79 Å². The SMILES string of the molecule is NC(=O)C1CCCC1c1ccc(Cl)cc1. The van der Waals surface area contributed by atoms with Gasteiger partial charge < -0.3 is 5.73 Å². The fraction of sp³-hybridized carbons (Fsp3) is 0.417. The summed E-state index contributed by atoms with van der Waals surface area (Å²) in [5, 5.41) is 0.729. The summed E-state index contributed by atoms with van der Waals surface area (Å²) in [5.74, 6) is 0.124. The lowest BCUT2D eigenvalue weighted by Gasteiger charge is -2.16. The molecule has 0 saturated heterocycles. The molecule has 80 valence electrons. The number of hydrogen-bond donors (Lipinski definition) is 1. The molecule has 0 aromatic heterocycles. The molecular formula is C12H14ClNO. The summed E-state index contributed by atoms with van der Waals surface area (Å²) in [4.78, 5) is 11.2. The van der Waals surface area contributed by atoms with Gasteiger partial charge in [-0.1, -0.05) is 30.2 Å². The predicted octanol–water partition coefficient (Wildman–Crippen LogP) is 2.71. The quantitative estimate of drug-likeness (QED) is 0.823. The molecule has 1 saturated carbocycles. The number of carbonyl (C=O) groups excluding carboxylic acids is 1. The highest BCUT2D eigenvalue weighted by atomic mass is 35.5. The molecule has 0 spiro atoms. The molecule has 1 amide bonds. The van der Waals surface area contributed by atoms with Crippen molar-refractivity contribution in [3.05, 3.63) is 34.9 Å². The smallest absolute Gasteiger partial charge is 0.221 e. The average Bonchev–Trinajstić information content (AvgIpc) is 2.67. The van der Waals surface area contributed by atoms with Crippen molar-refractivity contribution in [3.8, 4) is 0 Å². The third-order valence-corrected chi connectivity index (χ3v) is 3.43. The van der Waals surface area contributed by atoms with E-state index in [1.54, 1.807) is 0 Å². The molecule has 2 unspecified atom stereocenters. The highest BCUT2D eigenvalue weighted by Gasteiger charge is 2.32. The van der Waals surface area contributed by atoms with Gasteiger partial charge in [-0.25, -0.2) is 0 Å². The Kier molecular flexibility index (Phi) is 2.96. The minimum absolute atomic E-state index is 0.00572. The molecule has 3 heteroatoms. The Morgan fingerprint density at radius 1 is 1.27 bits per heavy atom. The van der Waals surface area contributed by atoms with E-state index in [4.69, 9.17) is 17.3 Å². The Balaban J connectivity index is 2.22. The van der Waals surface area contributed by atoms with E-state index >= 15 is 0 Å². The largest absolute Gasteiger partial charge is 0.369 e. The molecule has 2 rings (SSSR count). The highest BCUT2D eigenvalue weighted by Crippen LogP contribution is 2.39. The van der Waals surface area contributed by atoms with E-state index in [1.807, 2.05) is 24.3 Å². The molecule has 1 aromatic rings. The second-order valence-electron chi connectivity index (χ2n) is 4.10. The molecular weight excluding hydrogens is 210 g/mol. The Bertz CT molecular complexity index is 360. The number of nitrogens with two attached hydrogens (primary N) is 1. The summed E-state index contributed by atoms with van der Waals surface area (Å²) in [5.41, 5.74) is 6.57. The maximum absolute atomic E-state index is 11.2. The van der Waals surface area contributed by atoms with Crippen LogP contribution in [-0.4, -0.2) is 5.91 Å². The van der Waals surface area contributed by atoms with Crippen LogP contribution in [0.4, 0.5) is 0 Å². The van der Waals surface area contributed by atoms with Gasteiger partial charge in [-0.15, -0.1) is 0 Å².